The number of hydrogen-bond acceptors (Lipinski definition) is 3. The van der Waals surface area contributed by atoms with Crippen molar-refractivity contribution in [2.75, 3.05) is 0 Å². The van der Waals surface area contributed by atoms with Gasteiger partial charge in [-0.25, -0.2) is 4.98 Å². The van der Waals surface area contributed by atoms with Crippen molar-refractivity contribution < 1.29 is 0 Å². The Labute approximate surface area is 111 Å². The number of allylic oxidation sites excluding steroid dienone is 3. The van der Waals surface area contributed by atoms with E-state index < -0.39 is 0 Å². The Morgan fingerprint density at radius 3 is 2.12 bits per heavy atom. The molecule has 0 saturated heterocycles. The molecule has 0 aliphatic carbocycles. The molecule has 98 valence electrons. The maximum atomic E-state index is 4.20. The summed E-state index contributed by atoms with van der Waals surface area (Å²) in [5.74, 6) is 0.848. The largest absolute Gasteiger partial charge is 0.221 e. The first-order valence-corrected chi connectivity index (χ1v) is 7.06. The minimum absolute atomic E-state index is 0.848. The molecule has 0 aliphatic rings. The third-order valence-electron chi connectivity index (χ3n) is 1.60. The number of nitrogens with zero attached hydrogens (tertiary/aromatic N) is 2. The van der Waals surface area contributed by atoms with Crippen molar-refractivity contribution >= 4 is 17.6 Å². The summed E-state index contributed by atoms with van der Waals surface area (Å²) in [4.78, 5) is 4.20. The highest BCUT2D eigenvalue weighted by molar-refractivity contribution is 7.05. The zero-order valence-corrected chi connectivity index (χ0v) is 12.8. The van der Waals surface area contributed by atoms with Gasteiger partial charge in [-0.15, -0.1) is 0 Å². The fourth-order valence-corrected chi connectivity index (χ4v) is 1.20. The smallest absolute Gasteiger partial charge is 0.165 e. The summed E-state index contributed by atoms with van der Waals surface area (Å²) in [5, 5.41) is 1.03. The molecule has 0 fully saturated rings. The van der Waals surface area contributed by atoms with Crippen molar-refractivity contribution in [1.29, 1.82) is 0 Å². The Kier molecular flexibility index (Phi) is 16.3. The third-order valence-corrected chi connectivity index (χ3v) is 2.23. The van der Waals surface area contributed by atoms with Crippen molar-refractivity contribution in [3.63, 3.8) is 0 Å². The molecule has 0 radical (unpaired) electrons. The van der Waals surface area contributed by atoms with Crippen LogP contribution in [0.3, 0.4) is 0 Å². The van der Waals surface area contributed by atoms with Gasteiger partial charge >= 0.3 is 0 Å². The maximum Gasteiger partial charge on any atom is 0.165 e. The normalized spacial score (nSPS) is 9.76. The Bertz CT molecular complexity index is 297. The molecular formula is C14H26N2S. The SMILES string of the molecule is C/C=C\C.CC.CCC/C=C/c1nsc(C)n1. The lowest BCUT2D eigenvalue weighted by Crippen LogP contribution is -1.73. The van der Waals surface area contributed by atoms with Crippen LogP contribution in [0.5, 0.6) is 0 Å². The predicted octanol–water partition coefficient (Wildman–Crippen LogP) is 5.27. The molecule has 0 amide bonds. The molecule has 1 aromatic rings. The fraction of sp³-hybridized carbons (Fsp3) is 0.571. The topological polar surface area (TPSA) is 25.8 Å². The summed E-state index contributed by atoms with van der Waals surface area (Å²) in [6, 6.07) is 0. The summed E-state index contributed by atoms with van der Waals surface area (Å²) >= 11 is 1.45. The van der Waals surface area contributed by atoms with Crippen LogP contribution in [-0.2, 0) is 0 Å². The van der Waals surface area contributed by atoms with E-state index in [4.69, 9.17) is 0 Å². The predicted molar refractivity (Wildman–Crippen MR) is 80.4 cm³/mol. The van der Waals surface area contributed by atoms with Crippen LogP contribution in [0.15, 0.2) is 18.2 Å². The summed E-state index contributed by atoms with van der Waals surface area (Å²) in [7, 11) is 0. The zero-order valence-electron chi connectivity index (χ0n) is 12.0. The second-order valence-electron chi connectivity index (χ2n) is 3.03. The monoisotopic (exact) mass is 254 g/mol. The number of unbranched alkanes of at least 4 members (excludes halogenated alkanes) is 1. The molecule has 0 aliphatic heterocycles. The number of aryl methyl sites for hydroxylation is 1. The average Bonchev–Trinajstić information content (AvgIpc) is 2.78. The molecular weight excluding hydrogens is 228 g/mol. The van der Waals surface area contributed by atoms with Gasteiger partial charge in [-0.05, 0) is 44.8 Å². The maximum absolute atomic E-state index is 4.20. The minimum atomic E-state index is 0.848. The lowest BCUT2D eigenvalue weighted by molar-refractivity contribution is 0.961. The Morgan fingerprint density at radius 2 is 1.76 bits per heavy atom. The molecule has 1 aromatic heterocycles. The molecule has 0 saturated carbocycles. The average molecular weight is 254 g/mol. The molecule has 0 bridgehead atoms. The van der Waals surface area contributed by atoms with E-state index in [-0.39, 0.29) is 0 Å². The first-order chi connectivity index (χ1) is 8.24. The quantitative estimate of drug-likeness (QED) is 0.687. The number of hydrogen-bond donors (Lipinski definition) is 0. The van der Waals surface area contributed by atoms with Crippen LogP contribution < -0.4 is 0 Å². The van der Waals surface area contributed by atoms with E-state index in [0.717, 1.165) is 17.3 Å². The summed E-state index contributed by atoms with van der Waals surface area (Å²) in [5.41, 5.74) is 0. The van der Waals surface area contributed by atoms with E-state index >= 15 is 0 Å². The van der Waals surface area contributed by atoms with Gasteiger partial charge in [-0.2, -0.15) is 4.37 Å². The van der Waals surface area contributed by atoms with Crippen LogP contribution in [0, 0.1) is 6.92 Å². The summed E-state index contributed by atoms with van der Waals surface area (Å²) in [6.45, 7) is 12.1. The van der Waals surface area contributed by atoms with Gasteiger partial charge in [0.1, 0.15) is 5.01 Å². The molecule has 1 rings (SSSR count). The molecule has 1 heterocycles. The Balaban J connectivity index is 0. The van der Waals surface area contributed by atoms with Crippen LogP contribution >= 0.6 is 11.5 Å². The van der Waals surface area contributed by atoms with Crippen LogP contribution in [0.2, 0.25) is 0 Å². The van der Waals surface area contributed by atoms with E-state index in [1.54, 1.807) is 0 Å². The molecule has 0 atom stereocenters. The van der Waals surface area contributed by atoms with Gasteiger partial charge in [0.15, 0.2) is 5.82 Å². The molecule has 2 nitrogen and oxygen atoms in total. The van der Waals surface area contributed by atoms with Gasteiger partial charge in [-0.1, -0.05) is 45.4 Å². The highest BCUT2D eigenvalue weighted by Crippen LogP contribution is 2.04. The summed E-state index contributed by atoms with van der Waals surface area (Å²) < 4.78 is 4.13. The first-order valence-electron chi connectivity index (χ1n) is 6.28. The van der Waals surface area contributed by atoms with Crippen LogP contribution in [0.1, 0.15) is 58.3 Å². The van der Waals surface area contributed by atoms with Crippen molar-refractivity contribution in [2.45, 2.75) is 54.4 Å². The van der Waals surface area contributed by atoms with E-state index in [0.29, 0.717) is 0 Å². The summed E-state index contributed by atoms with van der Waals surface area (Å²) in [6.07, 6.45) is 10.4. The molecule has 0 spiro atoms. The first kappa shape index (κ1) is 18.4. The van der Waals surface area contributed by atoms with Crippen molar-refractivity contribution in [3.05, 3.63) is 29.1 Å². The molecule has 0 N–H and O–H groups in total. The fourth-order valence-electron chi connectivity index (χ4n) is 0.738. The van der Waals surface area contributed by atoms with E-state index in [9.17, 15) is 0 Å². The zero-order chi connectivity index (χ0) is 13.5. The lowest BCUT2D eigenvalue weighted by atomic mass is 10.3. The molecule has 0 aromatic carbocycles. The van der Waals surface area contributed by atoms with Crippen molar-refractivity contribution in [2.24, 2.45) is 0 Å². The number of rotatable bonds is 3. The third kappa shape index (κ3) is 13.0. The minimum Gasteiger partial charge on any atom is -0.221 e. The Hall–Kier alpha value is -0.960. The van der Waals surface area contributed by atoms with E-state index in [1.807, 2.05) is 52.8 Å². The van der Waals surface area contributed by atoms with Gasteiger partial charge in [0, 0.05) is 0 Å². The van der Waals surface area contributed by atoms with Gasteiger partial charge < -0.3 is 0 Å². The standard InChI is InChI=1S/C8H12N2S.C4H8.C2H6/c1-3-4-5-6-8-9-7(2)11-10-8;1-3-4-2;1-2/h5-6H,3-4H2,1-2H3;3-4H,1-2H3;1-2H3/b6-5+;4-3-;. The van der Waals surface area contributed by atoms with Gasteiger partial charge in [0.05, 0.1) is 0 Å². The van der Waals surface area contributed by atoms with E-state index in [2.05, 4.69) is 22.4 Å². The van der Waals surface area contributed by atoms with Crippen LogP contribution in [0.4, 0.5) is 0 Å². The van der Waals surface area contributed by atoms with E-state index in [1.165, 1.54) is 18.0 Å². The van der Waals surface area contributed by atoms with Crippen molar-refractivity contribution in [3.8, 4) is 0 Å². The highest BCUT2D eigenvalue weighted by atomic mass is 32.1. The Morgan fingerprint density at radius 1 is 1.18 bits per heavy atom. The highest BCUT2D eigenvalue weighted by Gasteiger charge is 1.92. The molecule has 3 heteroatoms. The second-order valence-corrected chi connectivity index (χ2v) is 3.99. The van der Waals surface area contributed by atoms with Crippen LogP contribution in [-0.4, -0.2) is 9.36 Å². The molecule has 0 unspecified atom stereocenters. The molecule has 17 heavy (non-hydrogen) atoms. The van der Waals surface area contributed by atoms with Crippen molar-refractivity contribution in [1.82, 2.24) is 9.36 Å². The second kappa shape index (κ2) is 15.0. The van der Waals surface area contributed by atoms with Gasteiger partial charge in [-0.3, -0.25) is 0 Å². The lowest BCUT2D eigenvalue weighted by Gasteiger charge is -1.81. The van der Waals surface area contributed by atoms with Crippen LogP contribution in [0.25, 0.3) is 6.08 Å². The van der Waals surface area contributed by atoms with Gasteiger partial charge in [0.2, 0.25) is 0 Å². The number of aromatic nitrogens is 2. The van der Waals surface area contributed by atoms with Gasteiger partial charge in [0.25, 0.3) is 0 Å².